The Morgan fingerprint density at radius 1 is 1.06 bits per heavy atom. The molecule has 0 bridgehead atoms. The molecule has 16 heavy (non-hydrogen) atoms. The van der Waals surface area contributed by atoms with Crippen molar-refractivity contribution in [1.82, 2.24) is 9.97 Å². The van der Waals surface area contributed by atoms with E-state index in [2.05, 4.69) is 33.2 Å². The smallest absolute Gasteiger partial charge is 0.107 e. The monoisotopic (exact) mass is 209 g/mol. The first-order chi connectivity index (χ1) is 7.95. The Bertz CT molecular complexity index is 532. The Morgan fingerprint density at radius 3 is 2.88 bits per heavy atom. The molecule has 0 saturated carbocycles. The van der Waals surface area contributed by atoms with Gasteiger partial charge in [-0.1, -0.05) is 24.3 Å². The van der Waals surface area contributed by atoms with Gasteiger partial charge in [0.2, 0.25) is 0 Å². The number of hydrogen-bond donors (Lipinski definition) is 0. The van der Waals surface area contributed by atoms with Gasteiger partial charge in [-0.3, -0.25) is 15.0 Å². The first kappa shape index (κ1) is 9.21. The van der Waals surface area contributed by atoms with Gasteiger partial charge in [-0.25, -0.2) is 0 Å². The van der Waals surface area contributed by atoms with E-state index in [1.54, 1.807) is 18.6 Å². The number of rotatable bonds is 1. The van der Waals surface area contributed by atoms with Crippen LogP contribution in [0.5, 0.6) is 0 Å². The molecule has 0 amide bonds. The van der Waals surface area contributed by atoms with E-state index < -0.39 is 0 Å². The molecule has 0 unspecified atom stereocenters. The van der Waals surface area contributed by atoms with Gasteiger partial charge in [0.05, 0.1) is 11.9 Å². The quantitative estimate of drug-likeness (QED) is 0.719. The Kier molecular flexibility index (Phi) is 2.22. The summed E-state index contributed by atoms with van der Waals surface area (Å²) in [6, 6.07) is 8.36. The van der Waals surface area contributed by atoms with Crippen molar-refractivity contribution < 1.29 is 0 Å². The van der Waals surface area contributed by atoms with E-state index in [0.717, 1.165) is 24.4 Å². The average molecular weight is 209 g/mol. The van der Waals surface area contributed by atoms with Gasteiger partial charge in [0.25, 0.3) is 0 Å². The molecule has 0 atom stereocenters. The molecule has 0 aliphatic carbocycles. The summed E-state index contributed by atoms with van der Waals surface area (Å²) in [6.07, 6.45) is 6.16. The highest BCUT2D eigenvalue weighted by molar-refractivity contribution is 6.12. The number of nitrogens with zero attached hydrogens (tertiary/aromatic N) is 3. The van der Waals surface area contributed by atoms with Crippen molar-refractivity contribution in [3.8, 4) is 0 Å². The molecule has 78 valence electrons. The van der Waals surface area contributed by atoms with Gasteiger partial charge >= 0.3 is 0 Å². The van der Waals surface area contributed by atoms with Crippen LogP contribution in [0.4, 0.5) is 0 Å². The zero-order valence-corrected chi connectivity index (χ0v) is 8.80. The molecule has 0 N–H and O–H groups in total. The van der Waals surface area contributed by atoms with Crippen molar-refractivity contribution >= 4 is 5.71 Å². The van der Waals surface area contributed by atoms with Crippen LogP contribution in [0.15, 0.2) is 47.8 Å². The second kappa shape index (κ2) is 3.85. The first-order valence-corrected chi connectivity index (χ1v) is 5.34. The highest BCUT2D eigenvalue weighted by Crippen LogP contribution is 2.18. The maximum absolute atomic E-state index is 4.56. The second-order valence-corrected chi connectivity index (χ2v) is 3.73. The number of benzene rings is 1. The molecule has 3 nitrogen and oxygen atoms in total. The lowest BCUT2D eigenvalue weighted by atomic mass is 9.96. The van der Waals surface area contributed by atoms with Crippen LogP contribution in [0.25, 0.3) is 0 Å². The molecule has 0 fully saturated rings. The summed E-state index contributed by atoms with van der Waals surface area (Å²) >= 11 is 0. The molecular weight excluding hydrogens is 198 g/mol. The highest BCUT2D eigenvalue weighted by atomic mass is 14.8. The summed E-state index contributed by atoms with van der Waals surface area (Å²) in [5.74, 6) is 0. The van der Waals surface area contributed by atoms with E-state index in [9.17, 15) is 0 Å². The van der Waals surface area contributed by atoms with Crippen molar-refractivity contribution in [3.05, 3.63) is 59.7 Å². The normalized spacial score (nSPS) is 14.1. The summed E-state index contributed by atoms with van der Waals surface area (Å²) in [4.78, 5) is 13.0. The summed E-state index contributed by atoms with van der Waals surface area (Å²) in [6.45, 7) is 0.836. The van der Waals surface area contributed by atoms with Crippen LogP contribution in [0.3, 0.4) is 0 Å². The molecule has 2 heterocycles. The third-order valence-corrected chi connectivity index (χ3v) is 2.73. The Hall–Kier alpha value is -2.03. The van der Waals surface area contributed by atoms with E-state index in [4.69, 9.17) is 0 Å². The summed E-state index contributed by atoms with van der Waals surface area (Å²) in [5, 5.41) is 0. The first-order valence-electron chi connectivity index (χ1n) is 5.34. The summed E-state index contributed by atoms with van der Waals surface area (Å²) in [5.41, 5.74) is 4.36. The molecule has 3 rings (SSSR count). The van der Waals surface area contributed by atoms with E-state index >= 15 is 0 Å². The van der Waals surface area contributed by atoms with Crippen molar-refractivity contribution in [3.63, 3.8) is 0 Å². The number of aromatic nitrogens is 2. The van der Waals surface area contributed by atoms with E-state index in [-0.39, 0.29) is 0 Å². The molecular formula is C13H11N3. The lowest BCUT2D eigenvalue weighted by Crippen LogP contribution is -2.15. The topological polar surface area (TPSA) is 38.1 Å². The van der Waals surface area contributed by atoms with Crippen LogP contribution in [-0.4, -0.2) is 22.2 Å². The Labute approximate surface area is 93.9 Å². The Balaban J connectivity index is 2.13. The second-order valence-electron chi connectivity index (χ2n) is 3.73. The molecule has 0 radical (unpaired) electrons. The van der Waals surface area contributed by atoms with E-state index in [1.807, 2.05) is 6.07 Å². The van der Waals surface area contributed by atoms with Crippen LogP contribution in [0, 0.1) is 0 Å². The minimum Gasteiger partial charge on any atom is -0.282 e. The highest BCUT2D eigenvalue weighted by Gasteiger charge is 2.15. The van der Waals surface area contributed by atoms with Crippen molar-refractivity contribution in [1.29, 1.82) is 0 Å². The molecule has 1 aromatic carbocycles. The van der Waals surface area contributed by atoms with Crippen LogP contribution >= 0.6 is 0 Å². The van der Waals surface area contributed by atoms with Gasteiger partial charge in [0.15, 0.2) is 0 Å². The molecule has 1 aliphatic heterocycles. The molecule has 1 aromatic heterocycles. The SMILES string of the molecule is c1ccc2c(c1)CCN=C2c1cnccn1. The van der Waals surface area contributed by atoms with Gasteiger partial charge < -0.3 is 0 Å². The summed E-state index contributed by atoms with van der Waals surface area (Å²) in [7, 11) is 0. The lowest BCUT2D eigenvalue weighted by molar-refractivity contribution is 0.940. The standard InChI is InChI=1S/C13H11N3/c1-2-4-11-10(3-1)5-6-16-13(11)12-9-14-7-8-15-12/h1-4,7-9H,5-6H2. The third kappa shape index (κ3) is 1.50. The Morgan fingerprint density at radius 2 is 2.00 bits per heavy atom. The zero-order valence-electron chi connectivity index (χ0n) is 8.80. The number of hydrogen-bond acceptors (Lipinski definition) is 3. The van der Waals surface area contributed by atoms with Crippen molar-refractivity contribution in [2.75, 3.05) is 6.54 Å². The molecule has 3 heteroatoms. The van der Waals surface area contributed by atoms with Gasteiger partial charge in [-0.2, -0.15) is 0 Å². The predicted molar refractivity (Wildman–Crippen MR) is 62.7 cm³/mol. The van der Waals surface area contributed by atoms with Gasteiger partial charge in [0, 0.05) is 24.5 Å². The lowest BCUT2D eigenvalue weighted by Gasteiger charge is -2.15. The van der Waals surface area contributed by atoms with Gasteiger partial charge in [-0.05, 0) is 12.0 Å². The fraction of sp³-hybridized carbons (Fsp3) is 0.154. The number of fused-ring (bicyclic) bond motifs is 1. The fourth-order valence-corrected chi connectivity index (χ4v) is 1.98. The zero-order chi connectivity index (χ0) is 10.8. The maximum Gasteiger partial charge on any atom is 0.107 e. The molecule has 0 saturated heterocycles. The largest absolute Gasteiger partial charge is 0.282 e. The summed E-state index contributed by atoms with van der Waals surface area (Å²) < 4.78 is 0. The van der Waals surface area contributed by atoms with Crippen LogP contribution < -0.4 is 0 Å². The van der Waals surface area contributed by atoms with Crippen LogP contribution in [-0.2, 0) is 6.42 Å². The van der Waals surface area contributed by atoms with E-state index in [1.165, 1.54) is 11.1 Å². The van der Waals surface area contributed by atoms with Gasteiger partial charge in [-0.15, -0.1) is 0 Å². The molecule has 0 spiro atoms. The molecule has 1 aliphatic rings. The van der Waals surface area contributed by atoms with Gasteiger partial charge in [0.1, 0.15) is 5.69 Å². The fourth-order valence-electron chi connectivity index (χ4n) is 1.98. The van der Waals surface area contributed by atoms with E-state index in [0.29, 0.717) is 0 Å². The predicted octanol–water partition coefficient (Wildman–Crippen LogP) is 1.87. The minimum absolute atomic E-state index is 0.836. The molecule has 2 aromatic rings. The van der Waals surface area contributed by atoms with Crippen molar-refractivity contribution in [2.45, 2.75) is 6.42 Å². The van der Waals surface area contributed by atoms with Crippen LogP contribution in [0.1, 0.15) is 16.8 Å². The minimum atomic E-state index is 0.836. The number of aliphatic imine (C=N–C) groups is 1. The third-order valence-electron chi connectivity index (χ3n) is 2.73. The maximum atomic E-state index is 4.56. The van der Waals surface area contributed by atoms with Crippen LogP contribution in [0.2, 0.25) is 0 Å². The average Bonchev–Trinajstić information content (AvgIpc) is 2.39. The van der Waals surface area contributed by atoms with Crippen molar-refractivity contribution in [2.24, 2.45) is 4.99 Å².